The molecule has 210 valence electrons. The molecule has 0 bridgehead atoms. The van der Waals surface area contributed by atoms with Gasteiger partial charge in [0.1, 0.15) is 11.8 Å². The lowest BCUT2D eigenvalue weighted by Gasteiger charge is -2.42. The van der Waals surface area contributed by atoms with E-state index in [1.54, 1.807) is 21.6 Å². The number of anilines is 1. The molecule has 0 aromatic heterocycles. The van der Waals surface area contributed by atoms with Crippen LogP contribution in [-0.4, -0.2) is 86.6 Å². The Morgan fingerprint density at radius 2 is 1.77 bits per heavy atom. The van der Waals surface area contributed by atoms with Gasteiger partial charge >= 0.3 is 0 Å². The normalized spacial score (nSPS) is 31.1. The molecule has 2 saturated heterocycles. The highest BCUT2D eigenvalue weighted by Gasteiger charge is 2.72. The fraction of sp³-hybridized carbons (Fsp3) is 0.567. The summed E-state index contributed by atoms with van der Waals surface area (Å²) in [6.07, 6.45) is 8.56. The Kier molecular flexibility index (Phi) is 7.35. The molecule has 1 aromatic carbocycles. The van der Waals surface area contributed by atoms with Gasteiger partial charge in [0, 0.05) is 29.6 Å². The van der Waals surface area contributed by atoms with Gasteiger partial charge in [-0.2, -0.15) is 0 Å². The van der Waals surface area contributed by atoms with E-state index in [0.29, 0.717) is 26.1 Å². The Balaban J connectivity index is 1.59. The molecule has 4 aliphatic heterocycles. The highest BCUT2D eigenvalue weighted by Crippen LogP contribution is 2.61. The quantitative estimate of drug-likeness (QED) is 0.544. The number of thioether (sulfide) groups is 1. The van der Waals surface area contributed by atoms with E-state index in [1.807, 2.05) is 88.1 Å². The molecule has 1 aromatic rings. The second-order valence-corrected chi connectivity index (χ2v) is 13.1. The van der Waals surface area contributed by atoms with Crippen molar-refractivity contribution >= 4 is 35.2 Å². The standard InChI is InChI=1S/C30H39N3O5S/c1-6-19(18-34)33-25-28(37)32(29(3,4)5)17-9-15-30(25)24(27(33)36)23-22(39-30)10-8-16-31(26(23)35)20-11-13-21(14-12-20)38-7-2/h8-15,19,22-25,34H,6-7,16-18H2,1-5H3/t19-,22+,23-,24-,25?,30-/m0/s1. The molecule has 0 radical (unpaired) electrons. The number of carbonyl (C=O) groups excluding carboxylic acids is 3. The Bertz CT molecular complexity index is 1190. The third-order valence-electron chi connectivity index (χ3n) is 8.44. The van der Waals surface area contributed by atoms with Gasteiger partial charge in [-0.1, -0.05) is 31.2 Å². The SMILES string of the molecule is CCOc1ccc(N2CC=C[C@H]3S[C@]45C=CCN(C(C)(C)C)C(=O)C4N([C@@H](CC)CO)C(=O)[C@@H]5[C@H]3C2=O)cc1. The molecule has 1 N–H and O–H groups in total. The van der Waals surface area contributed by atoms with Gasteiger partial charge in [-0.05, 0) is 58.4 Å². The third-order valence-corrected chi connectivity index (χ3v) is 10.2. The fourth-order valence-electron chi connectivity index (χ4n) is 6.61. The molecule has 2 fully saturated rings. The lowest BCUT2D eigenvalue weighted by molar-refractivity contribution is -0.148. The molecule has 0 aliphatic carbocycles. The van der Waals surface area contributed by atoms with Crippen molar-refractivity contribution in [2.24, 2.45) is 11.8 Å². The van der Waals surface area contributed by atoms with Crippen molar-refractivity contribution in [3.63, 3.8) is 0 Å². The Morgan fingerprint density at radius 1 is 1.05 bits per heavy atom. The van der Waals surface area contributed by atoms with Crippen molar-refractivity contribution in [1.82, 2.24) is 9.80 Å². The highest BCUT2D eigenvalue weighted by atomic mass is 32.2. The zero-order chi connectivity index (χ0) is 28.1. The number of nitrogens with zero attached hydrogens (tertiary/aromatic N) is 3. The van der Waals surface area contributed by atoms with Gasteiger partial charge in [0.25, 0.3) is 0 Å². The minimum absolute atomic E-state index is 0.118. The van der Waals surface area contributed by atoms with Crippen molar-refractivity contribution < 1.29 is 24.2 Å². The summed E-state index contributed by atoms with van der Waals surface area (Å²) in [5.74, 6) is -1.07. The van der Waals surface area contributed by atoms with E-state index in [9.17, 15) is 19.5 Å². The molecular formula is C30H39N3O5S. The van der Waals surface area contributed by atoms with Crippen LogP contribution in [0, 0.1) is 11.8 Å². The van der Waals surface area contributed by atoms with Gasteiger partial charge in [-0.25, -0.2) is 0 Å². The van der Waals surface area contributed by atoms with Crippen molar-refractivity contribution in [1.29, 1.82) is 0 Å². The maximum Gasteiger partial charge on any atom is 0.247 e. The van der Waals surface area contributed by atoms with E-state index in [1.165, 1.54) is 0 Å². The lowest BCUT2D eigenvalue weighted by Crippen LogP contribution is -2.59. The fourth-order valence-corrected chi connectivity index (χ4v) is 8.60. The number of hydrogen-bond donors (Lipinski definition) is 1. The van der Waals surface area contributed by atoms with Gasteiger partial charge in [0.15, 0.2) is 0 Å². The van der Waals surface area contributed by atoms with E-state index in [2.05, 4.69) is 0 Å². The summed E-state index contributed by atoms with van der Waals surface area (Å²) < 4.78 is 4.68. The smallest absolute Gasteiger partial charge is 0.247 e. The van der Waals surface area contributed by atoms with E-state index in [4.69, 9.17) is 4.74 Å². The van der Waals surface area contributed by atoms with Crippen LogP contribution >= 0.6 is 11.8 Å². The van der Waals surface area contributed by atoms with Gasteiger partial charge < -0.3 is 24.5 Å². The van der Waals surface area contributed by atoms with Crippen molar-refractivity contribution in [3.8, 4) is 5.75 Å². The summed E-state index contributed by atoms with van der Waals surface area (Å²) in [6, 6.07) is 6.15. The first-order valence-corrected chi connectivity index (χ1v) is 14.8. The zero-order valence-electron chi connectivity index (χ0n) is 23.4. The van der Waals surface area contributed by atoms with E-state index in [-0.39, 0.29) is 29.6 Å². The van der Waals surface area contributed by atoms with Gasteiger partial charge in [-0.3, -0.25) is 14.4 Å². The average molecular weight is 554 g/mol. The molecule has 4 heterocycles. The molecule has 1 unspecified atom stereocenters. The molecule has 6 atom stereocenters. The van der Waals surface area contributed by atoms with Crippen LogP contribution in [0.3, 0.4) is 0 Å². The first-order chi connectivity index (χ1) is 18.6. The van der Waals surface area contributed by atoms with Crippen molar-refractivity contribution in [2.45, 2.75) is 68.7 Å². The van der Waals surface area contributed by atoms with Crippen LogP contribution in [0.25, 0.3) is 0 Å². The van der Waals surface area contributed by atoms with Crippen LogP contribution in [-0.2, 0) is 14.4 Å². The van der Waals surface area contributed by atoms with Gasteiger partial charge in [0.2, 0.25) is 17.7 Å². The second-order valence-electron chi connectivity index (χ2n) is 11.7. The Labute approximate surface area is 235 Å². The third kappa shape index (κ3) is 4.38. The summed E-state index contributed by atoms with van der Waals surface area (Å²) in [4.78, 5) is 48.1. The van der Waals surface area contributed by atoms with Crippen LogP contribution in [0.4, 0.5) is 5.69 Å². The summed E-state index contributed by atoms with van der Waals surface area (Å²) in [5.41, 5.74) is 0.292. The zero-order valence-corrected chi connectivity index (χ0v) is 24.2. The Hall–Kier alpha value is -2.78. The van der Waals surface area contributed by atoms with Gasteiger partial charge in [0.05, 0.1) is 35.8 Å². The number of ether oxygens (including phenoxy) is 1. The maximum absolute atomic E-state index is 14.4. The first-order valence-electron chi connectivity index (χ1n) is 13.9. The predicted molar refractivity (Wildman–Crippen MR) is 153 cm³/mol. The number of hydrogen-bond acceptors (Lipinski definition) is 6. The van der Waals surface area contributed by atoms with Crippen LogP contribution in [0.5, 0.6) is 5.75 Å². The molecule has 39 heavy (non-hydrogen) atoms. The topological polar surface area (TPSA) is 90.4 Å². The number of aliphatic hydroxyl groups is 1. The number of rotatable bonds is 6. The number of amides is 3. The molecule has 8 nitrogen and oxygen atoms in total. The second kappa shape index (κ2) is 10.3. The molecule has 3 amide bonds. The van der Waals surface area contributed by atoms with Crippen LogP contribution in [0.2, 0.25) is 0 Å². The van der Waals surface area contributed by atoms with Crippen LogP contribution < -0.4 is 9.64 Å². The van der Waals surface area contributed by atoms with Crippen LogP contribution in [0.15, 0.2) is 48.6 Å². The summed E-state index contributed by atoms with van der Waals surface area (Å²) in [7, 11) is 0. The minimum Gasteiger partial charge on any atom is -0.494 e. The summed E-state index contributed by atoms with van der Waals surface area (Å²) in [5, 5.41) is 10.0. The monoisotopic (exact) mass is 553 g/mol. The first kappa shape index (κ1) is 27.8. The van der Waals surface area contributed by atoms with Crippen LogP contribution in [0.1, 0.15) is 41.0 Å². The number of likely N-dealkylation sites (tertiary alicyclic amines) is 1. The molecule has 5 rings (SSSR count). The van der Waals surface area contributed by atoms with Crippen molar-refractivity contribution in [2.75, 3.05) is 31.2 Å². The molecule has 1 spiro atoms. The van der Waals surface area contributed by atoms with E-state index >= 15 is 0 Å². The van der Waals surface area contributed by atoms with E-state index < -0.39 is 34.2 Å². The highest BCUT2D eigenvalue weighted by molar-refractivity contribution is 8.02. The summed E-state index contributed by atoms with van der Waals surface area (Å²) in [6.45, 7) is 11.0. The summed E-state index contributed by atoms with van der Waals surface area (Å²) >= 11 is 1.56. The molecule has 9 heteroatoms. The lowest BCUT2D eigenvalue weighted by atomic mass is 9.78. The van der Waals surface area contributed by atoms with Gasteiger partial charge in [-0.15, -0.1) is 11.8 Å². The number of carbonyl (C=O) groups is 3. The molecule has 0 saturated carbocycles. The van der Waals surface area contributed by atoms with E-state index in [0.717, 1.165) is 11.4 Å². The predicted octanol–water partition coefficient (Wildman–Crippen LogP) is 3.25. The number of aliphatic hydroxyl groups excluding tert-OH is 1. The minimum atomic E-state index is -0.895. The molecular weight excluding hydrogens is 514 g/mol. The Morgan fingerprint density at radius 3 is 2.38 bits per heavy atom. The number of benzene rings is 1. The molecule has 4 aliphatic rings. The average Bonchev–Trinajstić information content (AvgIpc) is 3.20. The largest absolute Gasteiger partial charge is 0.494 e. The number of fused-ring (bicyclic) bond motifs is 2. The maximum atomic E-state index is 14.4. The van der Waals surface area contributed by atoms with Crippen molar-refractivity contribution in [3.05, 3.63) is 48.6 Å².